The average Bonchev–Trinajstić information content (AvgIpc) is 2.25. The number of unbranched alkanes of at least 4 members (excludes halogenated alkanes) is 1. The maximum atomic E-state index is 13.4. The van der Waals surface area contributed by atoms with Gasteiger partial charge < -0.3 is 10.1 Å². The normalized spacial score (nSPS) is 12.5. The van der Waals surface area contributed by atoms with Crippen molar-refractivity contribution >= 4 is 0 Å². The molecule has 0 radical (unpaired) electrons. The van der Waals surface area contributed by atoms with Crippen molar-refractivity contribution in [2.45, 2.75) is 39.2 Å². The van der Waals surface area contributed by atoms with Crippen molar-refractivity contribution in [3.63, 3.8) is 0 Å². The van der Waals surface area contributed by atoms with Gasteiger partial charge in [-0.3, -0.25) is 0 Å². The number of hydrogen-bond donors (Lipinski definition) is 1. The van der Waals surface area contributed by atoms with Gasteiger partial charge in [0.1, 0.15) is 17.7 Å². The highest BCUT2D eigenvalue weighted by Crippen LogP contribution is 2.19. The van der Waals surface area contributed by atoms with Gasteiger partial charge in [-0.2, -0.15) is 0 Å². The fourth-order valence-corrected chi connectivity index (χ4v) is 1.78. The van der Waals surface area contributed by atoms with Crippen molar-refractivity contribution in [2.75, 3.05) is 13.6 Å². The van der Waals surface area contributed by atoms with E-state index in [9.17, 15) is 4.39 Å². The van der Waals surface area contributed by atoms with Crippen LogP contribution in [0.15, 0.2) is 18.2 Å². The fourth-order valence-electron chi connectivity index (χ4n) is 1.78. The van der Waals surface area contributed by atoms with Crippen molar-refractivity contribution < 1.29 is 9.13 Å². The number of nitrogens with one attached hydrogen (secondary N) is 1. The van der Waals surface area contributed by atoms with Crippen LogP contribution in [0.1, 0.15) is 32.3 Å². The number of aryl methyl sites for hydroxylation is 1. The molecule has 1 aromatic carbocycles. The molecular formula is C14H22FNO. The Morgan fingerprint density at radius 1 is 1.35 bits per heavy atom. The third kappa shape index (κ3) is 5.18. The second-order valence-electron chi connectivity index (χ2n) is 4.38. The van der Waals surface area contributed by atoms with Crippen molar-refractivity contribution in [2.24, 2.45) is 0 Å². The summed E-state index contributed by atoms with van der Waals surface area (Å²) in [6.45, 7) is 4.85. The lowest BCUT2D eigenvalue weighted by atomic mass is 10.1. The van der Waals surface area contributed by atoms with Crippen LogP contribution in [-0.4, -0.2) is 19.7 Å². The Balaban J connectivity index is 2.67. The number of hydrogen-bond acceptors (Lipinski definition) is 2. The van der Waals surface area contributed by atoms with E-state index < -0.39 is 0 Å². The maximum absolute atomic E-state index is 13.4. The summed E-state index contributed by atoms with van der Waals surface area (Å²) in [5.41, 5.74) is 1.01. The molecular weight excluding hydrogens is 217 g/mol. The van der Waals surface area contributed by atoms with E-state index >= 15 is 0 Å². The highest BCUT2D eigenvalue weighted by atomic mass is 19.1. The molecule has 3 heteroatoms. The van der Waals surface area contributed by atoms with Crippen LogP contribution in [0, 0.1) is 5.82 Å². The van der Waals surface area contributed by atoms with E-state index in [1.807, 2.05) is 20.0 Å². The smallest absolute Gasteiger partial charge is 0.127 e. The summed E-state index contributed by atoms with van der Waals surface area (Å²) in [5.74, 6) is 0.407. The molecule has 0 unspecified atom stereocenters. The molecule has 0 saturated carbocycles. The summed E-state index contributed by atoms with van der Waals surface area (Å²) in [7, 11) is 1.87. The van der Waals surface area contributed by atoms with Crippen LogP contribution in [0.25, 0.3) is 0 Å². The van der Waals surface area contributed by atoms with Crippen molar-refractivity contribution in [1.29, 1.82) is 0 Å². The zero-order valence-corrected chi connectivity index (χ0v) is 10.9. The van der Waals surface area contributed by atoms with Crippen LogP contribution in [0.3, 0.4) is 0 Å². The molecule has 2 nitrogen and oxygen atoms in total. The second-order valence-corrected chi connectivity index (χ2v) is 4.38. The molecule has 96 valence electrons. The first-order valence-corrected chi connectivity index (χ1v) is 6.26. The van der Waals surface area contributed by atoms with E-state index in [0.717, 1.165) is 31.4 Å². The van der Waals surface area contributed by atoms with Gasteiger partial charge in [0.15, 0.2) is 0 Å². The minimum atomic E-state index is -0.217. The van der Waals surface area contributed by atoms with Gasteiger partial charge in [-0.15, -0.1) is 0 Å². The topological polar surface area (TPSA) is 21.3 Å². The molecule has 0 saturated heterocycles. The molecule has 1 aromatic rings. The van der Waals surface area contributed by atoms with E-state index in [1.54, 1.807) is 6.07 Å². The summed E-state index contributed by atoms with van der Waals surface area (Å²) in [6, 6.07) is 4.97. The third-order valence-electron chi connectivity index (χ3n) is 2.58. The van der Waals surface area contributed by atoms with Gasteiger partial charge in [-0.05, 0) is 44.5 Å². The molecule has 0 amide bonds. The Labute approximate surface area is 103 Å². The summed E-state index contributed by atoms with van der Waals surface area (Å²) < 4.78 is 19.0. The van der Waals surface area contributed by atoms with Crippen LogP contribution in [0.5, 0.6) is 5.75 Å². The Kier molecular flexibility index (Phi) is 5.98. The summed E-state index contributed by atoms with van der Waals surface area (Å²) in [4.78, 5) is 0. The lowest BCUT2D eigenvalue weighted by Crippen LogP contribution is -2.26. The Hall–Kier alpha value is -1.09. The maximum Gasteiger partial charge on any atom is 0.127 e. The first kappa shape index (κ1) is 14.0. The van der Waals surface area contributed by atoms with Crippen LogP contribution >= 0.6 is 0 Å². The lowest BCUT2D eigenvalue weighted by molar-refractivity contribution is 0.219. The first-order chi connectivity index (χ1) is 8.15. The highest BCUT2D eigenvalue weighted by molar-refractivity contribution is 5.30. The molecule has 1 atom stereocenters. The van der Waals surface area contributed by atoms with Gasteiger partial charge in [-0.25, -0.2) is 4.39 Å². The quantitative estimate of drug-likeness (QED) is 0.789. The van der Waals surface area contributed by atoms with Gasteiger partial charge in [0.05, 0.1) is 0 Å². The van der Waals surface area contributed by atoms with Crippen molar-refractivity contribution in [1.82, 2.24) is 5.32 Å². The van der Waals surface area contributed by atoms with Gasteiger partial charge in [0.2, 0.25) is 0 Å². The second kappa shape index (κ2) is 7.28. The molecule has 0 aromatic heterocycles. The largest absolute Gasteiger partial charge is 0.489 e. The standard InChI is InChI=1S/C14H22FNO/c1-4-5-6-12-7-13(15)9-14(8-12)17-11(2)10-16-3/h7-9,11,16H,4-6,10H2,1-3H3/t11-/m0/s1. The number of likely N-dealkylation sites (N-methyl/N-ethyl adjacent to an activating group) is 1. The summed E-state index contributed by atoms with van der Waals surface area (Å²) in [6.07, 6.45) is 3.14. The van der Waals surface area contributed by atoms with Gasteiger partial charge in [-0.1, -0.05) is 13.3 Å². The van der Waals surface area contributed by atoms with Crippen LogP contribution in [0.4, 0.5) is 4.39 Å². The monoisotopic (exact) mass is 239 g/mol. The fraction of sp³-hybridized carbons (Fsp3) is 0.571. The van der Waals surface area contributed by atoms with Crippen molar-refractivity contribution in [3.05, 3.63) is 29.6 Å². The number of ether oxygens (including phenoxy) is 1. The minimum Gasteiger partial charge on any atom is -0.489 e. The molecule has 0 heterocycles. The third-order valence-corrected chi connectivity index (χ3v) is 2.58. The predicted molar refractivity (Wildman–Crippen MR) is 69.0 cm³/mol. The van der Waals surface area contributed by atoms with Gasteiger partial charge in [0.25, 0.3) is 0 Å². The van der Waals surface area contributed by atoms with E-state index in [4.69, 9.17) is 4.74 Å². The highest BCUT2D eigenvalue weighted by Gasteiger charge is 2.06. The lowest BCUT2D eigenvalue weighted by Gasteiger charge is -2.15. The molecule has 0 spiro atoms. The molecule has 0 aliphatic rings. The molecule has 0 aliphatic carbocycles. The summed E-state index contributed by atoms with van der Waals surface area (Å²) in [5, 5.41) is 3.03. The molecule has 1 N–H and O–H groups in total. The number of halogens is 1. The van der Waals surface area contributed by atoms with E-state index in [-0.39, 0.29) is 11.9 Å². The molecule has 0 bridgehead atoms. The van der Waals surface area contributed by atoms with Crippen LogP contribution < -0.4 is 10.1 Å². The SMILES string of the molecule is CCCCc1cc(F)cc(O[C@@H](C)CNC)c1. The van der Waals surface area contributed by atoms with E-state index in [1.165, 1.54) is 6.07 Å². The van der Waals surface area contributed by atoms with E-state index in [2.05, 4.69) is 12.2 Å². The van der Waals surface area contributed by atoms with Crippen LogP contribution in [0.2, 0.25) is 0 Å². The number of benzene rings is 1. The van der Waals surface area contributed by atoms with Crippen LogP contribution in [-0.2, 0) is 6.42 Å². The van der Waals surface area contributed by atoms with Crippen molar-refractivity contribution in [3.8, 4) is 5.75 Å². The minimum absolute atomic E-state index is 0.0424. The zero-order valence-electron chi connectivity index (χ0n) is 10.9. The van der Waals surface area contributed by atoms with Gasteiger partial charge >= 0.3 is 0 Å². The first-order valence-electron chi connectivity index (χ1n) is 6.26. The zero-order chi connectivity index (χ0) is 12.7. The Bertz CT molecular complexity index is 341. The summed E-state index contributed by atoms with van der Waals surface area (Å²) >= 11 is 0. The molecule has 17 heavy (non-hydrogen) atoms. The number of rotatable bonds is 7. The molecule has 0 aliphatic heterocycles. The Morgan fingerprint density at radius 3 is 2.76 bits per heavy atom. The average molecular weight is 239 g/mol. The predicted octanol–water partition coefficient (Wildman–Crippen LogP) is 3.16. The molecule has 1 rings (SSSR count). The van der Waals surface area contributed by atoms with E-state index in [0.29, 0.717) is 5.75 Å². The Morgan fingerprint density at radius 2 is 2.12 bits per heavy atom. The molecule has 0 fully saturated rings. The van der Waals surface area contributed by atoms with Gasteiger partial charge in [0, 0.05) is 12.6 Å².